The van der Waals surface area contributed by atoms with Gasteiger partial charge < -0.3 is 9.47 Å². The first-order valence-corrected chi connectivity index (χ1v) is 8.38. The van der Waals surface area contributed by atoms with Crippen molar-refractivity contribution in [3.05, 3.63) is 58.4 Å². The summed E-state index contributed by atoms with van der Waals surface area (Å²) >= 11 is 7.47. The van der Waals surface area contributed by atoms with Crippen molar-refractivity contribution in [3.63, 3.8) is 0 Å². The van der Waals surface area contributed by atoms with Crippen molar-refractivity contribution in [1.29, 1.82) is 0 Å². The van der Waals surface area contributed by atoms with E-state index in [1.807, 2.05) is 35.7 Å². The summed E-state index contributed by atoms with van der Waals surface area (Å²) in [5.41, 5.74) is 2.21. The SMILES string of the molecule is O=C(Nc1nc(-c2ccccc2)cs1)c1cc(Cl)c2c(c1)OCO2. The Kier molecular flexibility index (Phi) is 3.84. The normalized spacial score (nSPS) is 12.2. The largest absolute Gasteiger partial charge is 0.454 e. The van der Waals surface area contributed by atoms with Crippen molar-refractivity contribution in [3.8, 4) is 22.8 Å². The molecule has 1 aliphatic heterocycles. The molecule has 5 nitrogen and oxygen atoms in total. The molecule has 2 heterocycles. The molecule has 7 heteroatoms. The Labute approximate surface area is 146 Å². The molecule has 2 aromatic carbocycles. The van der Waals surface area contributed by atoms with E-state index in [4.69, 9.17) is 21.1 Å². The second-order valence-electron chi connectivity index (χ2n) is 5.05. The maximum Gasteiger partial charge on any atom is 0.257 e. The molecule has 1 aromatic heterocycles. The Morgan fingerprint density at radius 2 is 2.04 bits per heavy atom. The van der Waals surface area contributed by atoms with Gasteiger partial charge in [-0.05, 0) is 12.1 Å². The summed E-state index contributed by atoms with van der Waals surface area (Å²) in [6.45, 7) is 0.104. The Morgan fingerprint density at radius 1 is 1.21 bits per heavy atom. The number of rotatable bonds is 3. The lowest BCUT2D eigenvalue weighted by Gasteiger charge is -2.05. The van der Waals surface area contributed by atoms with Gasteiger partial charge in [0.05, 0.1) is 10.7 Å². The summed E-state index contributed by atoms with van der Waals surface area (Å²) in [5.74, 6) is 0.634. The number of halogens is 1. The zero-order valence-electron chi connectivity index (χ0n) is 12.3. The van der Waals surface area contributed by atoms with Crippen LogP contribution in [-0.4, -0.2) is 17.7 Å². The van der Waals surface area contributed by atoms with Crippen LogP contribution in [0.3, 0.4) is 0 Å². The third-order valence-electron chi connectivity index (χ3n) is 3.48. The number of amides is 1. The number of thiazole rings is 1. The van der Waals surface area contributed by atoms with Crippen molar-refractivity contribution in [2.45, 2.75) is 0 Å². The van der Waals surface area contributed by atoms with Crippen LogP contribution < -0.4 is 14.8 Å². The van der Waals surface area contributed by atoms with Gasteiger partial charge in [-0.3, -0.25) is 10.1 Å². The fourth-order valence-electron chi connectivity index (χ4n) is 2.34. The van der Waals surface area contributed by atoms with E-state index < -0.39 is 0 Å². The van der Waals surface area contributed by atoms with Crippen LogP contribution in [0.15, 0.2) is 47.8 Å². The van der Waals surface area contributed by atoms with Crippen LogP contribution in [0, 0.1) is 0 Å². The molecule has 0 unspecified atom stereocenters. The van der Waals surface area contributed by atoms with Crippen LogP contribution in [0.2, 0.25) is 5.02 Å². The van der Waals surface area contributed by atoms with Crippen LogP contribution >= 0.6 is 22.9 Å². The topological polar surface area (TPSA) is 60.5 Å². The maximum absolute atomic E-state index is 12.4. The van der Waals surface area contributed by atoms with E-state index >= 15 is 0 Å². The molecule has 120 valence electrons. The number of nitrogens with one attached hydrogen (secondary N) is 1. The Balaban J connectivity index is 1.55. The number of ether oxygens (including phenoxy) is 2. The van der Waals surface area contributed by atoms with E-state index in [2.05, 4.69) is 10.3 Å². The molecule has 0 radical (unpaired) electrons. The molecule has 0 spiro atoms. The Hall–Kier alpha value is -2.57. The average molecular weight is 359 g/mol. The van der Waals surface area contributed by atoms with E-state index in [0.717, 1.165) is 11.3 Å². The van der Waals surface area contributed by atoms with E-state index in [1.54, 1.807) is 12.1 Å². The van der Waals surface area contributed by atoms with E-state index in [-0.39, 0.29) is 12.7 Å². The van der Waals surface area contributed by atoms with Gasteiger partial charge in [0, 0.05) is 16.5 Å². The third-order valence-corrected chi connectivity index (χ3v) is 4.52. The molecule has 1 N–H and O–H groups in total. The van der Waals surface area contributed by atoms with Gasteiger partial charge in [-0.15, -0.1) is 11.3 Å². The lowest BCUT2D eigenvalue weighted by atomic mass is 10.2. The predicted molar refractivity (Wildman–Crippen MR) is 93.1 cm³/mol. The summed E-state index contributed by atoms with van der Waals surface area (Å²) in [6.07, 6.45) is 0. The summed E-state index contributed by atoms with van der Waals surface area (Å²) in [6, 6.07) is 12.9. The van der Waals surface area contributed by atoms with Gasteiger partial charge in [-0.1, -0.05) is 41.9 Å². The monoisotopic (exact) mass is 358 g/mol. The minimum Gasteiger partial charge on any atom is -0.454 e. The summed E-state index contributed by atoms with van der Waals surface area (Å²) in [7, 11) is 0. The first-order chi connectivity index (χ1) is 11.7. The highest BCUT2D eigenvalue weighted by Gasteiger charge is 2.21. The molecule has 0 saturated heterocycles. The number of aromatic nitrogens is 1. The van der Waals surface area contributed by atoms with Gasteiger partial charge in [-0.2, -0.15) is 0 Å². The molecule has 0 atom stereocenters. The Bertz CT molecular complexity index is 911. The second kappa shape index (κ2) is 6.14. The standard InChI is InChI=1S/C17H11ClN2O3S/c18-12-6-11(7-14-15(12)23-9-22-14)16(21)20-17-19-13(8-24-17)10-4-2-1-3-5-10/h1-8H,9H2,(H,19,20,21). The number of carbonyl (C=O) groups is 1. The van der Waals surface area contributed by atoms with Crippen molar-refractivity contribution in [1.82, 2.24) is 4.98 Å². The van der Waals surface area contributed by atoms with E-state index in [0.29, 0.717) is 27.2 Å². The fourth-order valence-corrected chi connectivity index (χ4v) is 3.32. The fraction of sp³-hybridized carbons (Fsp3) is 0.0588. The van der Waals surface area contributed by atoms with Gasteiger partial charge in [-0.25, -0.2) is 4.98 Å². The first-order valence-electron chi connectivity index (χ1n) is 7.12. The van der Waals surface area contributed by atoms with Gasteiger partial charge >= 0.3 is 0 Å². The highest BCUT2D eigenvalue weighted by atomic mass is 35.5. The highest BCUT2D eigenvalue weighted by Crippen LogP contribution is 2.40. The van der Waals surface area contributed by atoms with Crippen LogP contribution in [0.5, 0.6) is 11.5 Å². The highest BCUT2D eigenvalue weighted by molar-refractivity contribution is 7.14. The second-order valence-corrected chi connectivity index (χ2v) is 6.32. The number of hydrogen-bond donors (Lipinski definition) is 1. The van der Waals surface area contributed by atoms with Gasteiger partial charge in [0.1, 0.15) is 0 Å². The van der Waals surface area contributed by atoms with Crippen LogP contribution in [-0.2, 0) is 0 Å². The van der Waals surface area contributed by atoms with Crippen LogP contribution in [0.25, 0.3) is 11.3 Å². The van der Waals surface area contributed by atoms with Crippen molar-refractivity contribution in [2.75, 3.05) is 12.1 Å². The average Bonchev–Trinajstić information content (AvgIpc) is 3.25. The molecule has 4 rings (SSSR count). The smallest absolute Gasteiger partial charge is 0.257 e. The van der Waals surface area contributed by atoms with Gasteiger partial charge in [0.15, 0.2) is 16.6 Å². The number of carbonyl (C=O) groups excluding carboxylic acids is 1. The van der Waals surface area contributed by atoms with Crippen molar-refractivity contribution < 1.29 is 14.3 Å². The Morgan fingerprint density at radius 3 is 2.88 bits per heavy atom. The van der Waals surface area contributed by atoms with Crippen LogP contribution in [0.1, 0.15) is 10.4 Å². The van der Waals surface area contributed by atoms with Crippen molar-refractivity contribution >= 4 is 34.0 Å². The molecule has 3 aromatic rings. The summed E-state index contributed by atoms with van der Waals surface area (Å²) < 4.78 is 10.5. The van der Waals surface area contributed by atoms with E-state index in [1.165, 1.54) is 11.3 Å². The maximum atomic E-state index is 12.4. The number of nitrogens with zero attached hydrogens (tertiary/aromatic N) is 1. The molecule has 1 aliphatic rings. The molecule has 1 amide bonds. The molecular weight excluding hydrogens is 348 g/mol. The van der Waals surface area contributed by atoms with Crippen LogP contribution in [0.4, 0.5) is 5.13 Å². The summed E-state index contributed by atoms with van der Waals surface area (Å²) in [5, 5.41) is 5.55. The third kappa shape index (κ3) is 2.81. The number of hydrogen-bond acceptors (Lipinski definition) is 5. The molecule has 0 saturated carbocycles. The van der Waals surface area contributed by atoms with Gasteiger partial charge in [0.25, 0.3) is 5.91 Å². The van der Waals surface area contributed by atoms with E-state index in [9.17, 15) is 4.79 Å². The zero-order valence-corrected chi connectivity index (χ0v) is 13.9. The zero-order chi connectivity index (χ0) is 16.5. The quantitative estimate of drug-likeness (QED) is 0.751. The lowest BCUT2D eigenvalue weighted by Crippen LogP contribution is -2.11. The first kappa shape index (κ1) is 15.0. The minimum atomic E-state index is -0.302. The van der Waals surface area contributed by atoms with Crippen molar-refractivity contribution in [2.24, 2.45) is 0 Å². The molecule has 24 heavy (non-hydrogen) atoms. The number of fused-ring (bicyclic) bond motifs is 1. The minimum absolute atomic E-state index is 0.104. The van der Waals surface area contributed by atoms with Gasteiger partial charge in [0.2, 0.25) is 6.79 Å². The molecule has 0 bridgehead atoms. The summed E-state index contributed by atoms with van der Waals surface area (Å²) in [4.78, 5) is 16.9. The lowest BCUT2D eigenvalue weighted by molar-refractivity contribution is 0.102. The molecular formula is C17H11ClN2O3S. The predicted octanol–water partition coefficient (Wildman–Crippen LogP) is 4.44. The number of benzene rings is 2. The molecule has 0 fully saturated rings. The number of anilines is 1. The molecule has 0 aliphatic carbocycles.